The lowest BCUT2D eigenvalue weighted by molar-refractivity contribution is 0.311. The van der Waals surface area contributed by atoms with Crippen molar-refractivity contribution in [3.05, 3.63) is 47.1 Å². The smallest absolute Gasteiger partial charge is 0.179 e. The van der Waals surface area contributed by atoms with Crippen molar-refractivity contribution in [3.8, 4) is 11.5 Å². The molecule has 1 heterocycles. The Balaban J connectivity index is 2.16. The maximum absolute atomic E-state index is 6.17. The Morgan fingerprint density at radius 3 is 2.90 bits per heavy atom. The van der Waals surface area contributed by atoms with Crippen LogP contribution in [-0.2, 0) is 0 Å². The van der Waals surface area contributed by atoms with Gasteiger partial charge in [0.1, 0.15) is 5.82 Å². The van der Waals surface area contributed by atoms with Gasteiger partial charge in [0.05, 0.1) is 25.0 Å². The number of hydrogen-bond donors (Lipinski definition) is 1. The summed E-state index contributed by atoms with van der Waals surface area (Å²) in [6, 6.07) is 9.11. The summed E-state index contributed by atoms with van der Waals surface area (Å²) in [6.07, 6.45) is 3.33. The topological polar surface area (TPSA) is 55.7 Å². The number of aromatic nitrogens is 1. The third-order valence-corrected chi connectivity index (χ3v) is 2.87. The molecule has 5 nitrogen and oxygen atoms in total. The van der Waals surface area contributed by atoms with Gasteiger partial charge in [0.2, 0.25) is 0 Å². The van der Waals surface area contributed by atoms with E-state index in [1.807, 2.05) is 31.2 Å². The molecule has 0 amide bonds. The van der Waals surface area contributed by atoms with Crippen LogP contribution in [-0.4, -0.2) is 24.9 Å². The normalized spacial score (nSPS) is 10.6. The number of benzene rings is 1. The molecule has 2 rings (SSSR count). The molecule has 0 aliphatic heterocycles. The Kier molecular flexibility index (Phi) is 5.40. The Bertz CT molecular complexity index is 618. The highest BCUT2D eigenvalue weighted by molar-refractivity contribution is 6.32. The number of anilines is 1. The zero-order chi connectivity index (χ0) is 15.1. The van der Waals surface area contributed by atoms with Gasteiger partial charge < -0.3 is 9.47 Å². The number of rotatable bonds is 6. The molecule has 1 N–H and O–H groups in total. The van der Waals surface area contributed by atoms with Crippen LogP contribution in [0.5, 0.6) is 11.5 Å². The highest BCUT2D eigenvalue weighted by atomic mass is 35.5. The fraction of sp³-hybridized carbons (Fsp3) is 0.200. The molecule has 0 aliphatic carbocycles. The standard InChI is InChI=1S/C15H16ClN3O2/c1-3-21-13-9-11(8-12(16)15(13)20-2)10-18-19-14-6-4-5-7-17-14/h4-10H,3H2,1-2H3,(H,17,19)/b18-10+. The molecule has 0 radical (unpaired) electrons. The molecular formula is C15H16ClN3O2. The second-order valence-corrected chi connectivity index (χ2v) is 4.46. The third-order valence-electron chi connectivity index (χ3n) is 2.59. The molecule has 110 valence electrons. The SMILES string of the molecule is CCOc1cc(/C=N/Nc2ccccn2)cc(Cl)c1OC. The average Bonchev–Trinajstić information content (AvgIpc) is 2.48. The van der Waals surface area contributed by atoms with E-state index in [0.717, 1.165) is 5.56 Å². The van der Waals surface area contributed by atoms with Crippen molar-refractivity contribution in [3.63, 3.8) is 0 Å². The predicted octanol–water partition coefficient (Wildman–Crippen LogP) is 3.59. The van der Waals surface area contributed by atoms with Gasteiger partial charge in [0.25, 0.3) is 0 Å². The molecule has 1 aromatic carbocycles. The molecule has 6 heteroatoms. The summed E-state index contributed by atoms with van der Waals surface area (Å²) in [5.41, 5.74) is 3.63. The molecule has 0 atom stereocenters. The second-order valence-electron chi connectivity index (χ2n) is 4.05. The summed E-state index contributed by atoms with van der Waals surface area (Å²) in [7, 11) is 1.56. The minimum Gasteiger partial charge on any atom is -0.491 e. The number of halogens is 1. The van der Waals surface area contributed by atoms with Crippen LogP contribution in [0.15, 0.2) is 41.6 Å². The summed E-state index contributed by atoms with van der Waals surface area (Å²) in [5.74, 6) is 1.78. The number of ether oxygens (including phenoxy) is 2. The van der Waals surface area contributed by atoms with Crippen molar-refractivity contribution in [1.29, 1.82) is 0 Å². The molecule has 0 bridgehead atoms. The third kappa shape index (κ3) is 4.10. The van der Waals surface area contributed by atoms with Gasteiger partial charge in [-0.2, -0.15) is 5.10 Å². The summed E-state index contributed by atoms with van der Waals surface area (Å²) in [5, 5.41) is 4.59. The van der Waals surface area contributed by atoms with Crippen LogP contribution >= 0.6 is 11.6 Å². The number of nitrogens with one attached hydrogen (secondary N) is 1. The van der Waals surface area contributed by atoms with Gasteiger partial charge in [0, 0.05) is 6.20 Å². The van der Waals surface area contributed by atoms with Crippen LogP contribution in [0, 0.1) is 0 Å². The maximum Gasteiger partial charge on any atom is 0.179 e. The molecule has 2 aromatic rings. The van der Waals surface area contributed by atoms with Crippen LogP contribution in [0.25, 0.3) is 0 Å². The van der Waals surface area contributed by atoms with E-state index in [4.69, 9.17) is 21.1 Å². The molecule has 0 saturated heterocycles. The fourth-order valence-electron chi connectivity index (χ4n) is 1.73. The van der Waals surface area contributed by atoms with Gasteiger partial charge in [0.15, 0.2) is 11.5 Å². The van der Waals surface area contributed by atoms with Gasteiger partial charge in [-0.15, -0.1) is 0 Å². The predicted molar refractivity (Wildman–Crippen MR) is 84.6 cm³/mol. The molecule has 0 saturated carbocycles. The summed E-state index contributed by atoms with van der Waals surface area (Å²) in [4.78, 5) is 4.11. The van der Waals surface area contributed by atoms with Gasteiger partial charge in [-0.3, -0.25) is 5.43 Å². The summed E-state index contributed by atoms with van der Waals surface area (Å²) >= 11 is 6.17. The molecule has 0 unspecified atom stereocenters. The van der Waals surface area contributed by atoms with Crippen LogP contribution in [0.3, 0.4) is 0 Å². The largest absolute Gasteiger partial charge is 0.491 e. The van der Waals surface area contributed by atoms with Crippen molar-refractivity contribution in [2.24, 2.45) is 5.10 Å². The lowest BCUT2D eigenvalue weighted by Gasteiger charge is -2.11. The first-order valence-electron chi connectivity index (χ1n) is 6.45. The first-order valence-corrected chi connectivity index (χ1v) is 6.82. The van der Waals surface area contributed by atoms with Crippen LogP contribution in [0.1, 0.15) is 12.5 Å². The van der Waals surface area contributed by atoms with Crippen molar-refractivity contribution >= 4 is 23.6 Å². The number of methoxy groups -OCH3 is 1. The van der Waals surface area contributed by atoms with E-state index in [1.165, 1.54) is 0 Å². The quantitative estimate of drug-likeness (QED) is 0.654. The highest BCUT2D eigenvalue weighted by Crippen LogP contribution is 2.35. The van der Waals surface area contributed by atoms with Crippen LogP contribution < -0.4 is 14.9 Å². The highest BCUT2D eigenvalue weighted by Gasteiger charge is 2.10. The number of nitrogens with zero attached hydrogens (tertiary/aromatic N) is 2. The van der Waals surface area contributed by atoms with E-state index in [9.17, 15) is 0 Å². The van der Waals surface area contributed by atoms with E-state index in [2.05, 4.69) is 15.5 Å². The number of hydrogen-bond acceptors (Lipinski definition) is 5. The minimum atomic E-state index is 0.475. The molecule has 0 spiro atoms. The van der Waals surface area contributed by atoms with Crippen LogP contribution in [0.4, 0.5) is 5.82 Å². The van der Waals surface area contributed by atoms with E-state index >= 15 is 0 Å². The lowest BCUT2D eigenvalue weighted by atomic mass is 10.2. The maximum atomic E-state index is 6.17. The average molecular weight is 306 g/mol. The number of pyridine rings is 1. The van der Waals surface area contributed by atoms with E-state index in [0.29, 0.717) is 28.9 Å². The Morgan fingerprint density at radius 2 is 2.24 bits per heavy atom. The van der Waals surface area contributed by atoms with Gasteiger partial charge in [-0.1, -0.05) is 17.7 Å². The second kappa shape index (κ2) is 7.50. The first kappa shape index (κ1) is 15.1. The first-order chi connectivity index (χ1) is 10.2. The van der Waals surface area contributed by atoms with Crippen molar-refractivity contribution in [2.75, 3.05) is 19.1 Å². The molecular weight excluding hydrogens is 290 g/mol. The monoisotopic (exact) mass is 305 g/mol. The molecule has 0 fully saturated rings. The Morgan fingerprint density at radius 1 is 1.38 bits per heavy atom. The van der Waals surface area contributed by atoms with Crippen molar-refractivity contribution in [1.82, 2.24) is 4.98 Å². The van der Waals surface area contributed by atoms with E-state index in [1.54, 1.807) is 25.6 Å². The van der Waals surface area contributed by atoms with Crippen molar-refractivity contribution < 1.29 is 9.47 Å². The van der Waals surface area contributed by atoms with Crippen LogP contribution in [0.2, 0.25) is 5.02 Å². The minimum absolute atomic E-state index is 0.475. The van der Waals surface area contributed by atoms with E-state index in [-0.39, 0.29) is 0 Å². The van der Waals surface area contributed by atoms with E-state index < -0.39 is 0 Å². The Hall–Kier alpha value is -2.27. The molecule has 1 aromatic heterocycles. The fourth-order valence-corrected chi connectivity index (χ4v) is 2.02. The van der Waals surface area contributed by atoms with Gasteiger partial charge >= 0.3 is 0 Å². The molecule has 21 heavy (non-hydrogen) atoms. The zero-order valence-electron chi connectivity index (χ0n) is 11.8. The Labute approximate surface area is 128 Å². The van der Waals surface area contributed by atoms with Crippen molar-refractivity contribution in [2.45, 2.75) is 6.92 Å². The van der Waals surface area contributed by atoms with Gasteiger partial charge in [-0.25, -0.2) is 4.98 Å². The summed E-state index contributed by atoms with van der Waals surface area (Å²) in [6.45, 7) is 2.43. The number of hydrazone groups is 1. The summed E-state index contributed by atoms with van der Waals surface area (Å²) < 4.78 is 10.7. The molecule has 0 aliphatic rings. The zero-order valence-corrected chi connectivity index (χ0v) is 12.6. The van der Waals surface area contributed by atoms with Gasteiger partial charge in [-0.05, 0) is 36.8 Å². The lowest BCUT2D eigenvalue weighted by Crippen LogP contribution is -1.98.